The maximum Gasteiger partial charge on any atom is 0.334 e. The standard InChI is InChI=1S/C16H24O6/c1-4-8-16(3,21)9-12-13(22-12)11(15(19)20)7-5-6-10(2)14(17)18/h7,12-13,21H,2,4-6,8-9H2,1,3H3,(H,17,18)(H,19,20)/b11-7-/t12?,13?,16-/m0/s1. The number of hydrogen-bond acceptors (Lipinski definition) is 4. The van der Waals surface area contributed by atoms with Gasteiger partial charge in [-0.3, -0.25) is 0 Å². The number of carbonyl (C=O) groups is 2. The van der Waals surface area contributed by atoms with Crippen LogP contribution in [-0.2, 0) is 14.3 Å². The van der Waals surface area contributed by atoms with Crippen LogP contribution in [0.25, 0.3) is 0 Å². The van der Waals surface area contributed by atoms with Gasteiger partial charge in [0.15, 0.2) is 0 Å². The van der Waals surface area contributed by atoms with Gasteiger partial charge in [-0.25, -0.2) is 9.59 Å². The smallest absolute Gasteiger partial charge is 0.334 e. The van der Waals surface area contributed by atoms with E-state index in [-0.39, 0.29) is 30.1 Å². The first-order valence-electron chi connectivity index (χ1n) is 7.40. The largest absolute Gasteiger partial charge is 0.478 e. The van der Waals surface area contributed by atoms with Crippen LogP contribution in [0.2, 0.25) is 0 Å². The van der Waals surface area contributed by atoms with Gasteiger partial charge in [0, 0.05) is 12.0 Å². The third-order valence-corrected chi connectivity index (χ3v) is 3.68. The van der Waals surface area contributed by atoms with Crippen LogP contribution in [0.1, 0.15) is 46.0 Å². The molecule has 6 nitrogen and oxygen atoms in total. The van der Waals surface area contributed by atoms with E-state index in [2.05, 4.69) is 6.58 Å². The zero-order valence-electron chi connectivity index (χ0n) is 13.0. The van der Waals surface area contributed by atoms with Gasteiger partial charge in [0.2, 0.25) is 0 Å². The molecule has 1 fully saturated rings. The molecular formula is C16H24O6. The summed E-state index contributed by atoms with van der Waals surface area (Å²) in [6.07, 6.45) is 2.98. The van der Waals surface area contributed by atoms with Gasteiger partial charge in [0.25, 0.3) is 0 Å². The fourth-order valence-electron chi connectivity index (χ4n) is 2.48. The molecule has 0 amide bonds. The molecule has 0 aromatic heterocycles. The first-order chi connectivity index (χ1) is 10.2. The molecule has 0 spiro atoms. The predicted molar refractivity (Wildman–Crippen MR) is 80.5 cm³/mol. The second-order valence-electron chi connectivity index (χ2n) is 5.96. The van der Waals surface area contributed by atoms with E-state index in [0.29, 0.717) is 12.8 Å². The van der Waals surface area contributed by atoms with E-state index in [9.17, 15) is 19.8 Å². The Kier molecular flexibility index (Phi) is 6.32. The van der Waals surface area contributed by atoms with Crippen molar-refractivity contribution < 1.29 is 29.6 Å². The topological polar surface area (TPSA) is 107 Å². The Morgan fingerprint density at radius 2 is 1.95 bits per heavy atom. The van der Waals surface area contributed by atoms with Crippen molar-refractivity contribution in [3.05, 3.63) is 23.8 Å². The molecule has 124 valence electrons. The van der Waals surface area contributed by atoms with E-state index >= 15 is 0 Å². The fourth-order valence-corrected chi connectivity index (χ4v) is 2.48. The molecule has 1 rings (SSSR count). The Bertz CT molecular complexity index is 477. The zero-order chi connectivity index (χ0) is 16.9. The van der Waals surface area contributed by atoms with Crippen molar-refractivity contribution in [2.45, 2.75) is 63.8 Å². The number of rotatable bonds is 10. The first-order valence-corrected chi connectivity index (χ1v) is 7.40. The molecular weight excluding hydrogens is 288 g/mol. The van der Waals surface area contributed by atoms with Crippen molar-refractivity contribution in [1.29, 1.82) is 0 Å². The molecule has 0 aromatic rings. The van der Waals surface area contributed by atoms with Crippen molar-refractivity contribution >= 4 is 11.9 Å². The predicted octanol–water partition coefficient (Wildman–Crippen LogP) is 2.13. The maximum absolute atomic E-state index is 11.3. The van der Waals surface area contributed by atoms with Crippen LogP contribution < -0.4 is 0 Å². The lowest BCUT2D eigenvalue weighted by Gasteiger charge is -2.21. The van der Waals surface area contributed by atoms with Gasteiger partial charge in [0.1, 0.15) is 6.10 Å². The van der Waals surface area contributed by atoms with Crippen LogP contribution in [0.4, 0.5) is 0 Å². The quantitative estimate of drug-likeness (QED) is 0.421. The number of aliphatic hydroxyl groups is 1. The highest BCUT2D eigenvalue weighted by molar-refractivity contribution is 5.88. The minimum Gasteiger partial charge on any atom is -0.478 e. The van der Waals surface area contributed by atoms with Crippen LogP contribution in [-0.4, -0.2) is 45.1 Å². The lowest BCUT2D eigenvalue weighted by molar-refractivity contribution is -0.133. The maximum atomic E-state index is 11.3. The molecule has 22 heavy (non-hydrogen) atoms. The van der Waals surface area contributed by atoms with Crippen LogP contribution in [0.15, 0.2) is 23.8 Å². The number of aliphatic carboxylic acids is 2. The highest BCUT2D eigenvalue weighted by atomic mass is 16.6. The summed E-state index contributed by atoms with van der Waals surface area (Å²) in [6, 6.07) is 0. The average molecular weight is 312 g/mol. The van der Waals surface area contributed by atoms with E-state index in [1.54, 1.807) is 6.92 Å². The van der Waals surface area contributed by atoms with Crippen molar-refractivity contribution in [3.63, 3.8) is 0 Å². The molecule has 1 aliphatic heterocycles. The zero-order valence-corrected chi connectivity index (χ0v) is 13.0. The third-order valence-electron chi connectivity index (χ3n) is 3.68. The minimum atomic E-state index is -1.08. The molecule has 1 saturated heterocycles. The van der Waals surface area contributed by atoms with Crippen LogP contribution in [0, 0.1) is 0 Å². The summed E-state index contributed by atoms with van der Waals surface area (Å²) in [6.45, 7) is 7.09. The number of epoxide rings is 1. The summed E-state index contributed by atoms with van der Waals surface area (Å²) in [5, 5.41) is 28.1. The summed E-state index contributed by atoms with van der Waals surface area (Å²) < 4.78 is 5.38. The summed E-state index contributed by atoms with van der Waals surface area (Å²) >= 11 is 0. The highest BCUT2D eigenvalue weighted by Gasteiger charge is 2.47. The average Bonchev–Trinajstić information content (AvgIpc) is 3.11. The van der Waals surface area contributed by atoms with Gasteiger partial charge in [0.05, 0.1) is 17.3 Å². The van der Waals surface area contributed by atoms with Gasteiger partial charge in [-0.1, -0.05) is 26.0 Å². The summed E-state index contributed by atoms with van der Waals surface area (Å²) in [5.74, 6) is -2.16. The Labute approximate surface area is 130 Å². The second-order valence-corrected chi connectivity index (χ2v) is 5.96. The van der Waals surface area contributed by atoms with Gasteiger partial charge < -0.3 is 20.1 Å². The van der Waals surface area contributed by atoms with Gasteiger partial charge in [-0.05, 0) is 26.2 Å². The molecule has 6 heteroatoms. The second kappa shape index (κ2) is 7.56. The Hall–Kier alpha value is -1.66. The van der Waals surface area contributed by atoms with Gasteiger partial charge in [-0.15, -0.1) is 0 Å². The van der Waals surface area contributed by atoms with E-state index in [0.717, 1.165) is 6.42 Å². The van der Waals surface area contributed by atoms with Crippen molar-refractivity contribution in [3.8, 4) is 0 Å². The summed E-state index contributed by atoms with van der Waals surface area (Å²) in [7, 11) is 0. The normalized spacial score (nSPS) is 23.7. The van der Waals surface area contributed by atoms with Crippen molar-refractivity contribution in [2.75, 3.05) is 0 Å². The molecule has 0 saturated carbocycles. The molecule has 3 N–H and O–H groups in total. The van der Waals surface area contributed by atoms with E-state index in [1.807, 2.05) is 6.92 Å². The molecule has 1 aliphatic rings. The first kappa shape index (κ1) is 18.4. The van der Waals surface area contributed by atoms with Gasteiger partial charge in [-0.2, -0.15) is 0 Å². The fraction of sp³-hybridized carbons (Fsp3) is 0.625. The molecule has 0 radical (unpaired) electrons. The summed E-state index contributed by atoms with van der Waals surface area (Å²) in [4.78, 5) is 21.9. The highest BCUT2D eigenvalue weighted by Crippen LogP contribution is 2.37. The number of carboxylic acid groups (broad SMARTS) is 2. The third kappa shape index (κ3) is 5.61. The van der Waals surface area contributed by atoms with E-state index in [4.69, 9.17) is 9.84 Å². The molecule has 2 unspecified atom stereocenters. The number of carboxylic acids is 2. The Balaban J connectivity index is 2.58. The monoisotopic (exact) mass is 312 g/mol. The van der Waals surface area contributed by atoms with E-state index < -0.39 is 23.6 Å². The molecule has 0 aromatic carbocycles. The SMILES string of the molecule is C=C(CC/C=C(\C(=O)O)C1OC1C[C@@](C)(O)CCC)C(=O)O. The van der Waals surface area contributed by atoms with Crippen LogP contribution in [0.5, 0.6) is 0 Å². The number of ether oxygens (including phenoxy) is 1. The Morgan fingerprint density at radius 3 is 2.45 bits per heavy atom. The molecule has 3 atom stereocenters. The molecule has 0 bridgehead atoms. The van der Waals surface area contributed by atoms with Crippen molar-refractivity contribution in [1.82, 2.24) is 0 Å². The molecule has 1 heterocycles. The lowest BCUT2D eigenvalue weighted by Crippen LogP contribution is -2.27. The number of hydrogen-bond donors (Lipinski definition) is 3. The van der Waals surface area contributed by atoms with E-state index in [1.165, 1.54) is 6.08 Å². The minimum absolute atomic E-state index is 0.0418. The summed E-state index contributed by atoms with van der Waals surface area (Å²) in [5.41, 5.74) is -0.703. The van der Waals surface area contributed by atoms with Gasteiger partial charge >= 0.3 is 11.9 Å². The van der Waals surface area contributed by atoms with Crippen molar-refractivity contribution in [2.24, 2.45) is 0 Å². The molecule has 0 aliphatic carbocycles. The lowest BCUT2D eigenvalue weighted by atomic mass is 9.92. The van der Waals surface area contributed by atoms with Crippen LogP contribution in [0.3, 0.4) is 0 Å². The number of allylic oxidation sites excluding steroid dienone is 1. The Morgan fingerprint density at radius 1 is 1.32 bits per heavy atom. The van der Waals surface area contributed by atoms with Crippen LogP contribution >= 0.6 is 0 Å².